The number of fused-ring (bicyclic) bond motifs is 1. The van der Waals surface area contributed by atoms with Crippen LogP contribution in [0.5, 0.6) is 0 Å². The fourth-order valence-electron chi connectivity index (χ4n) is 3.62. The molecule has 0 unspecified atom stereocenters. The number of nitrogens with zero attached hydrogens (tertiary/aromatic N) is 6. The Kier molecular flexibility index (Phi) is 5.34. The van der Waals surface area contributed by atoms with E-state index in [1.807, 2.05) is 25.2 Å². The molecule has 3 aromatic rings. The van der Waals surface area contributed by atoms with Crippen LogP contribution in [0.1, 0.15) is 5.56 Å². The largest absolute Gasteiger partial charge is 0.370 e. The second-order valence-corrected chi connectivity index (χ2v) is 7.38. The second kappa shape index (κ2) is 8.06. The number of nitrogens with two attached hydrogens (primary N) is 1. The zero-order chi connectivity index (χ0) is 19.5. The molecule has 0 amide bonds. The third-order valence-corrected chi connectivity index (χ3v) is 5.36. The van der Waals surface area contributed by atoms with E-state index in [1.165, 1.54) is 10.9 Å². The predicted octanol–water partition coefficient (Wildman–Crippen LogP) is 2.30. The summed E-state index contributed by atoms with van der Waals surface area (Å²) < 4.78 is 2.11. The Morgan fingerprint density at radius 3 is 2.68 bits per heavy atom. The van der Waals surface area contributed by atoms with Crippen molar-refractivity contribution in [2.24, 2.45) is 17.8 Å². The molecule has 1 aliphatic heterocycles. The highest BCUT2D eigenvalue weighted by atomic mass is 35.5. The SMILES string of the molecule is Cn1cc(CCN=C(N)N2CCN(c3ncccn3)CC2)c2ccc(Cl)cc21. The van der Waals surface area contributed by atoms with Crippen LogP contribution in [0, 0.1) is 0 Å². The third kappa shape index (κ3) is 3.89. The molecular weight excluding hydrogens is 374 g/mol. The van der Waals surface area contributed by atoms with Crippen LogP contribution < -0.4 is 10.6 Å². The van der Waals surface area contributed by atoms with Crippen LogP contribution in [0.4, 0.5) is 5.95 Å². The van der Waals surface area contributed by atoms with Gasteiger partial charge in [0, 0.05) is 74.3 Å². The van der Waals surface area contributed by atoms with E-state index in [0.29, 0.717) is 12.5 Å². The highest BCUT2D eigenvalue weighted by Gasteiger charge is 2.19. The van der Waals surface area contributed by atoms with Gasteiger partial charge in [0.25, 0.3) is 0 Å². The normalized spacial score (nSPS) is 15.4. The monoisotopic (exact) mass is 397 g/mol. The molecule has 4 rings (SSSR count). The van der Waals surface area contributed by atoms with Crippen molar-refractivity contribution in [1.82, 2.24) is 19.4 Å². The maximum Gasteiger partial charge on any atom is 0.225 e. The number of piperazine rings is 1. The number of benzene rings is 1. The van der Waals surface area contributed by atoms with Crippen LogP contribution >= 0.6 is 11.6 Å². The van der Waals surface area contributed by atoms with Gasteiger partial charge in [-0.1, -0.05) is 17.7 Å². The van der Waals surface area contributed by atoms with Gasteiger partial charge < -0.3 is 20.1 Å². The first-order valence-electron chi connectivity index (χ1n) is 9.42. The van der Waals surface area contributed by atoms with Gasteiger partial charge in [-0.2, -0.15) is 0 Å². The summed E-state index contributed by atoms with van der Waals surface area (Å²) in [7, 11) is 2.04. The Labute approximate surface area is 169 Å². The van der Waals surface area contributed by atoms with E-state index < -0.39 is 0 Å². The first-order chi connectivity index (χ1) is 13.6. The molecule has 0 aliphatic carbocycles. The Bertz CT molecular complexity index is 975. The number of guanidine groups is 1. The molecule has 0 radical (unpaired) electrons. The molecule has 0 atom stereocenters. The van der Waals surface area contributed by atoms with Crippen molar-refractivity contribution in [3.05, 3.63) is 53.4 Å². The van der Waals surface area contributed by atoms with Gasteiger partial charge in [0.2, 0.25) is 5.95 Å². The van der Waals surface area contributed by atoms with Gasteiger partial charge in [0.05, 0.1) is 0 Å². The van der Waals surface area contributed by atoms with Gasteiger partial charge in [-0.15, -0.1) is 0 Å². The summed E-state index contributed by atoms with van der Waals surface area (Å²) in [5, 5.41) is 1.97. The Hall–Kier alpha value is -2.80. The number of aliphatic imine (C=N–C) groups is 1. The number of aromatic nitrogens is 3. The van der Waals surface area contributed by atoms with Crippen molar-refractivity contribution in [1.29, 1.82) is 0 Å². The number of rotatable bonds is 4. The molecule has 3 heterocycles. The van der Waals surface area contributed by atoms with Gasteiger partial charge in [0.15, 0.2) is 5.96 Å². The minimum absolute atomic E-state index is 0.608. The molecule has 0 saturated carbocycles. The van der Waals surface area contributed by atoms with E-state index in [9.17, 15) is 0 Å². The predicted molar refractivity (Wildman–Crippen MR) is 114 cm³/mol. The van der Waals surface area contributed by atoms with E-state index >= 15 is 0 Å². The summed E-state index contributed by atoms with van der Waals surface area (Å²) in [4.78, 5) is 17.5. The van der Waals surface area contributed by atoms with Crippen molar-refractivity contribution < 1.29 is 0 Å². The first-order valence-corrected chi connectivity index (χ1v) is 9.80. The average molecular weight is 398 g/mol. The van der Waals surface area contributed by atoms with E-state index in [2.05, 4.69) is 41.6 Å². The van der Waals surface area contributed by atoms with Crippen molar-refractivity contribution in [2.45, 2.75) is 6.42 Å². The van der Waals surface area contributed by atoms with E-state index in [-0.39, 0.29) is 0 Å². The van der Waals surface area contributed by atoms with Crippen LogP contribution in [-0.2, 0) is 13.5 Å². The van der Waals surface area contributed by atoms with Gasteiger partial charge in [-0.3, -0.25) is 4.99 Å². The zero-order valence-electron chi connectivity index (χ0n) is 15.9. The lowest BCUT2D eigenvalue weighted by Gasteiger charge is -2.35. The molecule has 2 aromatic heterocycles. The molecular formula is C20H24ClN7. The van der Waals surface area contributed by atoms with Gasteiger partial charge in [0.1, 0.15) is 0 Å². The number of halogens is 1. The van der Waals surface area contributed by atoms with Crippen LogP contribution in [0.25, 0.3) is 10.9 Å². The maximum absolute atomic E-state index is 6.24. The average Bonchev–Trinajstić information content (AvgIpc) is 3.03. The van der Waals surface area contributed by atoms with Crippen molar-refractivity contribution in [3.63, 3.8) is 0 Å². The summed E-state index contributed by atoms with van der Waals surface area (Å²) in [6.07, 6.45) is 6.53. The van der Waals surface area contributed by atoms with E-state index in [1.54, 1.807) is 12.4 Å². The molecule has 1 aliphatic rings. The van der Waals surface area contributed by atoms with E-state index in [4.69, 9.17) is 17.3 Å². The fraction of sp³-hybridized carbons (Fsp3) is 0.350. The number of aryl methyl sites for hydroxylation is 1. The lowest BCUT2D eigenvalue weighted by Crippen LogP contribution is -2.51. The molecule has 8 heteroatoms. The Morgan fingerprint density at radius 2 is 1.93 bits per heavy atom. The molecule has 0 spiro atoms. The van der Waals surface area contributed by atoms with Crippen LogP contribution in [0.3, 0.4) is 0 Å². The molecule has 146 valence electrons. The summed E-state index contributed by atoms with van der Waals surface area (Å²) in [5.74, 6) is 1.38. The minimum atomic E-state index is 0.608. The standard InChI is InChI=1S/C20H24ClN7/c1-26-14-15(17-4-3-16(21)13-18(17)26)5-8-23-19(22)27-9-11-28(12-10-27)20-24-6-2-7-25-20/h2-4,6-7,13-14H,5,8-12H2,1H3,(H2,22,23). The van der Waals surface area contributed by atoms with Crippen LogP contribution in [0.15, 0.2) is 47.8 Å². The molecule has 2 N–H and O–H groups in total. The summed E-state index contributed by atoms with van der Waals surface area (Å²) in [6.45, 7) is 3.98. The lowest BCUT2D eigenvalue weighted by molar-refractivity contribution is 0.378. The van der Waals surface area contributed by atoms with Crippen molar-refractivity contribution >= 4 is 34.4 Å². The summed E-state index contributed by atoms with van der Waals surface area (Å²) in [6, 6.07) is 7.83. The first kappa shape index (κ1) is 18.6. The smallest absolute Gasteiger partial charge is 0.225 e. The molecule has 1 aromatic carbocycles. The molecule has 28 heavy (non-hydrogen) atoms. The molecule has 1 fully saturated rings. The highest BCUT2D eigenvalue weighted by molar-refractivity contribution is 6.31. The van der Waals surface area contributed by atoms with Gasteiger partial charge >= 0.3 is 0 Å². The third-order valence-electron chi connectivity index (χ3n) is 5.13. The lowest BCUT2D eigenvalue weighted by atomic mass is 10.1. The second-order valence-electron chi connectivity index (χ2n) is 6.94. The highest BCUT2D eigenvalue weighted by Crippen LogP contribution is 2.24. The molecule has 7 nitrogen and oxygen atoms in total. The minimum Gasteiger partial charge on any atom is -0.370 e. The zero-order valence-corrected chi connectivity index (χ0v) is 16.7. The number of hydrogen-bond acceptors (Lipinski definition) is 4. The summed E-state index contributed by atoms with van der Waals surface area (Å²) in [5.41, 5.74) is 8.64. The molecule has 1 saturated heterocycles. The maximum atomic E-state index is 6.24. The quantitative estimate of drug-likeness (QED) is 0.540. The Balaban J connectivity index is 1.34. The Morgan fingerprint density at radius 1 is 1.18 bits per heavy atom. The van der Waals surface area contributed by atoms with Crippen LogP contribution in [0.2, 0.25) is 5.02 Å². The van der Waals surface area contributed by atoms with Gasteiger partial charge in [-0.25, -0.2) is 9.97 Å². The van der Waals surface area contributed by atoms with Crippen LogP contribution in [-0.4, -0.2) is 58.1 Å². The molecule has 0 bridgehead atoms. The fourth-order valence-corrected chi connectivity index (χ4v) is 3.79. The van der Waals surface area contributed by atoms with Crippen molar-refractivity contribution in [2.75, 3.05) is 37.6 Å². The summed E-state index contributed by atoms with van der Waals surface area (Å²) >= 11 is 6.11. The van der Waals surface area contributed by atoms with Gasteiger partial charge in [-0.05, 0) is 30.2 Å². The topological polar surface area (TPSA) is 75.6 Å². The number of anilines is 1. The van der Waals surface area contributed by atoms with E-state index in [0.717, 1.165) is 49.1 Å². The van der Waals surface area contributed by atoms with Crippen molar-refractivity contribution in [3.8, 4) is 0 Å². The number of hydrogen-bond donors (Lipinski definition) is 1.